The third kappa shape index (κ3) is 2.48. The Balaban J connectivity index is 2.30. The predicted molar refractivity (Wildman–Crippen MR) is 65.7 cm³/mol. The van der Waals surface area contributed by atoms with Crippen molar-refractivity contribution in [2.45, 2.75) is 0 Å². The summed E-state index contributed by atoms with van der Waals surface area (Å²) in [6.07, 6.45) is 4.34. The summed E-state index contributed by atoms with van der Waals surface area (Å²) in [5, 5.41) is 24.8. The molecule has 0 unspecified atom stereocenters. The van der Waals surface area contributed by atoms with Gasteiger partial charge in [-0.25, -0.2) is 4.68 Å². The topological polar surface area (TPSA) is 98.2 Å². The summed E-state index contributed by atoms with van der Waals surface area (Å²) >= 11 is 0. The third-order valence-corrected chi connectivity index (χ3v) is 2.23. The van der Waals surface area contributed by atoms with Crippen LogP contribution in [0.2, 0.25) is 0 Å². The van der Waals surface area contributed by atoms with Crippen molar-refractivity contribution in [1.82, 2.24) is 14.9 Å². The van der Waals surface area contributed by atoms with Crippen LogP contribution >= 0.6 is 0 Å². The second kappa shape index (κ2) is 5.04. The number of nitro groups is 1. The maximum absolute atomic E-state index is 10.9. The van der Waals surface area contributed by atoms with Gasteiger partial charge in [-0.2, -0.15) is 5.10 Å². The molecule has 1 heterocycles. The zero-order valence-corrected chi connectivity index (χ0v) is 9.52. The van der Waals surface area contributed by atoms with E-state index in [0.29, 0.717) is 11.3 Å². The van der Waals surface area contributed by atoms with E-state index in [1.54, 1.807) is 19.2 Å². The van der Waals surface area contributed by atoms with Crippen LogP contribution in [-0.2, 0) is 0 Å². The quantitative estimate of drug-likeness (QED) is 0.495. The normalized spacial score (nSPS) is 10.7. The molecule has 0 fully saturated rings. The first-order chi connectivity index (χ1) is 8.70. The van der Waals surface area contributed by atoms with Crippen molar-refractivity contribution in [3.63, 3.8) is 0 Å². The number of anilines is 1. The number of aromatic nitrogens is 3. The van der Waals surface area contributed by atoms with E-state index in [2.05, 4.69) is 20.6 Å². The van der Waals surface area contributed by atoms with E-state index in [1.165, 1.54) is 29.6 Å². The maximum atomic E-state index is 10.9. The minimum atomic E-state index is -0.443. The van der Waals surface area contributed by atoms with E-state index in [0.717, 1.165) is 0 Å². The minimum absolute atomic E-state index is 0.00482. The van der Waals surface area contributed by atoms with Crippen molar-refractivity contribution in [1.29, 1.82) is 0 Å². The first-order valence-electron chi connectivity index (χ1n) is 5.06. The lowest BCUT2D eigenvalue weighted by Gasteiger charge is -2.02. The monoisotopic (exact) mass is 246 g/mol. The van der Waals surface area contributed by atoms with Crippen LogP contribution in [-0.4, -0.2) is 33.1 Å². The summed E-state index contributed by atoms with van der Waals surface area (Å²) < 4.78 is 1.40. The molecule has 18 heavy (non-hydrogen) atoms. The Bertz CT molecular complexity index is 578. The Hall–Kier alpha value is -2.77. The molecular formula is C10H10N6O2. The van der Waals surface area contributed by atoms with Gasteiger partial charge in [0.15, 0.2) is 0 Å². The Morgan fingerprint density at radius 1 is 1.44 bits per heavy atom. The van der Waals surface area contributed by atoms with Gasteiger partial charge >= 0.3 is 0 Å². The van der Waals surface area contributed by atoms with Crippen LogP contribution in [0, 0.1) is 10.1 Å². The fourth-order valence-electron chi connectivity index (χ4n) is 1.38. The molecule has 0 bridgehead atoms. The molecular weight excluding hydrogens is 236 g/mol. The first-order valence-corrected chi connectivity index (χ1v) is 5.06. The van der Waals surface area contributed by atoms with Crippen molar-refractivity contribution in [3.05, 3.63) is 46.5 Å². The number of nitrogens with zero attached hydrogens (tertiary/aromatic N) is 5. The molecule has 2 rings (SSSR count). The fraction of sp³-hybridized carbons (Fsp3) is 0.100. The average molecular weight is 246 g/mol. The molecule has 0 saturated carbocycles. The number of rotatable bonds is 4. The van der Waals surface area contributed by atoms with Gasteiger partial charge in [0, 0.05) is 18.7 Å². The lowest BCUT2D eigenvalue weighted by atomic mass is 10.2. The molecule has 0 aliphatic carbocycles. The van der Waals surface area contributed by atoms with Crippen molar-refractivity contribution < 1.29 is 4.92 Å². The van der Waals surface area contributed by atoms with Gasteiger partial charge < -0.3 is 5.32 Å². The highest BCUT2D eigenvalue weighted by Gasteiger charge is 2.12. The molecule has 1 N–H and O–H groups in total. The van der Waals surface area contributed by atoms with Crippen molar-refractivity contribution in [3.8, 4) is 0 Å². The Labute approximate surface area is 102 Å². The Morgan fingerprint density at radius 3 is 2.78 bits per heavy atom. The van der Waals surface area contributed by atoms with Gasteiger partial charge in [-0.05, 0) is 6.07 Å². The number of benzene rings is 1. The molecule has 8 nitrogen and oxygen atoms in total. The summed E-state index contributed by atoms with van der Waals surface area (Å²) in [5.41, 5.74) is 1.08. The molecule has 1 aromatic carbocycles. The van der Waals surface area contributed by atoms with Gasteiger partial charge in [-0.3, -0.25) is 10.1 Å². The zero-order chi connectivity index (χ0) is 13.0. The van der Waals surface area contributed by atoms with Crippen LogP contribution in [0.4, 0.5) is 11.4 Å². The van der Waals surface area contributed by atoms with Crippen LogP contribution < -0.4 is 5.32 Å². The maximum Gasteiger partial charge on any atom is 0.292 e. The summed E-state index contributed by atoms with van der Waals surface area (Å²) in [6.45, 7) is 0. The number of hydrogen-bond acceptors (Lipinski definition) is 6. The highest BCUT2D eigenvalue weighted by Crippen LogP contribution is 2.24. The molecule has 0 atom stereocenters. The Kier molecular flexibility index (Phi) is 3.28. The average Bonchev–Trinajstić information content (AvgIpc) is 2.89. The summed E-state index contributed by atoms with van der Waals surface area (Å²) in [6, 6.07) is 4.80. The van der Waals surface area contributed by atoms with Crippen LogP contribution in [0.25, 0.3) is 0 Å². The highest BCUT2D eigenvalue weighted by atomic mass is 16.6. The number of nitrogens with one attached hydrogen (secondary N) is 1. The highest BCUT2D eigenvalue weighted by molar-refractivity contribution is 5.82. The number of nitro benzene ring substituents is 1. The summed E-state index contributed by atoms with van der Waals surface area (Å²) in [7, 11) is 1.63. The molecule has 2 aromatic rings. The molecule has 0 amide bonds. The largest absolute Gasteiger partial charge is 0.383 e. The van der Waals surface area contributed by atoms with Gasteiger partial charge in [-0.15, -0.1) is 10.2 Å². The zero-order valence-electron chi connectivity index (χ0n) is 9.52. The standard InChI is InChI=1S/C10H10N6O2/c1-11-9-3-2-8(4-10(9)16(17)18)5-14-15-6-12-13-7-15/h2-7,11H,1H3/b14-5-. The fourth-order valence-corrected chi connectivity index (χ4v) is 1.38. The Morgan fingerprint density at radius 2 is 2.17 bits per heavy atom. The first kappa shape index (κ1) is 11.7. The van der Waals surface area contributed by atoms with Gasteiger partial charge in [0.05, 0.1) is 11.1 Å². The summed E-state index contributed by atoms with van der Waals surface area (Å²) in [4.78, 5) is 10.4. The van der Waals surface area contributed by atoms with Gasteiger partial charge in [-0.1, -0.05) is 6.07 Å². The second-order valence-corrected chi connectivity index (χ2v) is 3.37. The molecule has 0 radical (unpaired) electrons. The van der Waals surface area contributed by atoms with Crippen molar-refractivity contribution >= 4 is 17.6 Å². The molecule has 92 valence electrons. The number of hydrogen-bond donors (Lipinski definition) is 1. The molecule has 0 aliphatic heterocycles. The summed E-state index contributed by atoms with van der Waals surface area (Å²) in [5.74, 6) is 0. The molecule has 0 saturated heterocycles. The molecule has 0 spiro atoms. The van der Waals surface area contributed by atoms with E-state index in [-0.39, 0.29) is 5.69 Å². The van der Waals surface area contributed by atoms with Crippen LogP contribution in [0.5, 0.6) is 0 Å². The van der Waals surface area contributed by atoms with E-state index in [1.807, 2.05) is 0 Å². The minimum Gasteiger partial charge on any atom is -0.383 e. The lowest BCUT2D eigenvalue weighted by Crippen LogP contribution is -1.98. The van der Waals surface area contributed by atoms with Crippen molar-refractivity contribution in [2.75, 3.05) is 12.4 Å². The van der Waals surface area contributed by atoms with E-state index in [4.69, 9.17) is 0 Å². The van der Waals surface area contributed by atoms with Gasteiger partial charge in [0.2, 0.25) is 0 Å². The smallest absolute Gasteiger partial charge is 0.292 e. The van der Waals surface area contributed by atoms with Gasteiger partial charge in [0.1, 0.15) is 18.3 Å². The molecule has 8 heteroatoms. The second-order valence-electron chi connectivity index (χ2n) is 3.37. The van der Waals surface area contributed by atoms with Crippen LogP contribution in [0.3, 0.4) is 0 Å². The lowest BCUT2D eigenvalue weighted by molar-refractivity contribution is -0.383. The van der Waals surface area contributed by atoms with Crippen molar-refractivity contribution in [2.24, 2.45) is 5.10 Å². The third-order valence-electron chi connectivity index (χ3n) is 2.23. The van der Waals surface area contributed by atoms with E-state index < -0.39 is 4.92 Å². The SMILES string of the molecule is CNc1ccc(/C=N\n2cnnc2)cc1[N+](=O)[O-]. The van der Waals surface area contributed by atoms with E-state index in [9.17, 15) is 10.1 Å². The van der Waals surface area contributed by atoms with Crippen LogP contribution in [0.15, 0.2) is 36.0 Å². The molecule has 1 aromatic heterocycles. The van der Waals surface area contributed by atoms with Crippen LogP contribution in [0.1, 0.15) is 5.56 Å². The molecule has 0 aliphatic rings. The predicted octanol–water partition coefficient (Wildman–Crippen LogP) is 1.11. The van der Waals surface area contributed by atoms with E-state index >= 15 is 0 Å². The van der Waals surface area contributed by atoms with Gasteiger partial charge in [0.25, 0.3) is 5.69 Å².